The molecule has 2 heterocycles. The van der Waals surface area contributed by atoms with E-state index in [1.165, 1.54) is 0 Å². The van der Waals surface area contributed by atoms with Crippen LogP contribution in [0.4, 0.5) is 5.69 Å². The molecule has 1 aliphatic rings. The van der Waals surface area contributed by atoms with Gasteiger partial charge in [0.05, 0.1) is 5.56 Å². The van der Waals surface area contributed by atoms with Crippen molar-refractivity contribution in [1.29, 1.82) is 5.26 Å². The number of aromatic nitrogens is 1. The highest BCUT2D eigenvalue weighted by atomic mass is 16.4. The van der Waals surface area contributed by atoms with Crippen molar-refractivity contribution in [3.63, 3.8) is 0 Å². The Bertz CT molecular complexity index is 749. The minimum Gasteiger partial charge on any atom is -0.478 e. The maximum atomic E-state index is 11.0. The fraction of sp³-hybridized carbons (Fsp3) is 0.188. The molecule has 0 fully saturated rings. The van der Waals surface area contributed by atoms with Crippen LogP contribution in [-0.4, -0.2) is 22.6 Å². The summed E-state index contributed by atoms with van der Waals surface area (Å²) in [6, 6.07) is 10.9. The second kappa shape index (κ2) is 5.25. The largest absolute Gasteiger partial charge is 0.478 e. The number of hydrogen-bond donors (Lipinski definition) is 1. The van der Waals surface area contributed by atoms with E-state index in [1.807, 2.05) is 18.2 Å². The highest BCUT2D eigenvalue weighted by Gasteiger charge is 2.20. The van der Waals surface area contributed by atoms with Crippen molar-refractivity contribution in [2.45, 2.75) is 13.0 Å². The van der Waals surface area contributed by atoms with Crippen LogP contribution in [-0.2, 0) is 13.0 Å². The number of nitrogens with zero attached hydrogens (tertiary/aromatic N) is 3. The molecule has 2 aromatic rings. The SMILES string of the molecule is N#Cc1cc(CN2CCc3cc(C(=O)O)ccc32)ccn1. The van der Waals surface area contributed by atoms with Gasteiger partial charge in [0.15, 0.2) is 0 Å². The van der Waals surface area contributed by atoms with Crippen LogP contribution in [0, 0.1) is 11.3 Å². The molecule has 5 nitrogen and oxygen atoms in total. The molecule has 0 saturated heterocycles. The first-order valence-electron chi connectivity index (χ1n) is 6.63. The van der Waals surface area contributed by atoms with E-state index < -0.39 is 5.97 Å². The minimum absolute atomic E-state index is 0.325. The summed E-state index contributed by atoms with van der Waals surface area (Å²) < 4.78 is 0. The molecule has 0 radical (unpaired) electrons. The first-order chi connectivity index (χ1) is 10.2. The van der Waals surface area contributed by atoms with Gasteiger partial charge in [-0.1, -0.05) is 0 Å². The van der Waals surface area contributed by atoms with E-state index in [4.69, 9.17) is 10.4 Å². The molecule has 0 unspecified atom stereocenters. The number of carboxylic acids is 1. The highest BCUT2D eigenvalue weighted by molar-refractivity contribution is 5.88. The smallest absolute Gasteiger partial charge is 0.335 e. The average molecular weight is 279 g/mol. The van der Waals surface area contributed by atoms with E-state index in [-0.39, 0.29) is 0 Å². The van der Waals surface area contributed by atoms with Crippen molar-refractivity contribution in [3.05, 3.63) is 58.9 Å². The maximum absolute atomic E-state index is 11.0. The van der Waals surface area contributed by atoms with Gasteiger partial charge in [0.25, 0.3) is 0 Å². The predicted molar refractivity (Wildman–Crippen MR) is 77.1 cm³/mol. The van der Waals surface area contributed by atoms with Crippen LogP contribution in [0.1, 0.15) is 27.2 Å². The number of anilines is 1. The van der Waals surface area contributed by atoms with E-state index >= 15 is 0 Å². The molecule has 21 heavy (non-hydrogen) atoms. The number of hydrogen-bond acceptors (Lipinski definition) is 4. The van der Waals surface area contributed by atoms with Gasteiger partial charge in [0, 0.05) is 25.0 Å². The van der Waals surface area contributed by atoms with Crippen molar-refractivity contribution in [1.82, 2.24) is 4.98 Å². The quantitative estimate of drug-likeness (QED) is 0.932. The first kappa shape index (κ1) is 13.1. The molecule has 5 heteroatoms. The minimum atomic E-state index is -0.899. The number of carbonyl (C=O) groups is 1. The van der Waals surface area contributed by atoms with Crippen LogP contribution in [0.25, 0.3) is 0 Å². The topological polar surface area (TPSA) is 77.2 Å². The van der Waals surface area contributed by atoms with Gasteiger partial charge < -0.3 is 10.0 Å². The van der Waals surface area contributed by atoms with Crippen LogP contribution in [0.3, 0.4) is 0 Å². The number of benzene rings is 1. The summed E-state index contributed by atoms with van der Waals surface area (Å²) in [5, 5.41) is 17.9. The summed E-state index contributed by atoms with van der Waals surface area (Å²) >= 11 is 0. The van der Waals surface area contributed by atoms with Gasteiger partial charge in [0.1, 0.15) is 11.8 Å². The molecule has 0 aliphatic carbocycles. The second-order valence-electron chi connectivity index (χ2n) is 4.98. The number of carboxylic acid groups (broad SMARTS) is 1. The molecular formula is C16H13N3O2. The summed E-state index contributed by atoms with van der Waals surface area (Å²) in [7, 11) is 0. The summed E-state index contributed by atoms with van der Waals surface area (Å²) in [4.78, 5) is 17.1. The van der Waals surface area contributed by atoms with E-state index in [0.717, 1.165) is 29.8 Å². The van der Waals surface area contributed by atoms with E-state index in [0.29, 0.717) is 17.8 Å². The third kappa shape index (κ3) is 2.56. The molecule has 1 aromatic heterocycles. The molecule has 0 amide bonds. The summed E-state index contributed by atoms with van der Waals surface area (Å²) in [5.74, 6) is -0.899. The Balaban J connectivity index is 1.84. The first-order valence-corrected chi connectivity index (χ1v) is 6.63. The third-order valence-corrected chi connectivity index (χ3v) is 3.63. The van der Waals surface area contributed by atoms with E-state index in [1.54, 1.807) is 24.4 Å². The Labute approximate surface area is 122 Å². The Morgan fingerprint density at radius 1 is 1.38 bits per heavy atom. The van der Waals surface area contributed by atoms with E-state index in [2.05, 4.69) is 9.88 Å². The monoisotopic (exact) mass is 279 g/mol. The molecule has 1 aromatic carbocycles. The van der Waals surface area contributed by atoms with Gasteiger partial charge in [-0.25, -0.2) is 9.78 Å². The summed E-state index contributed by atoms with van der Waals surface area (Å²) in [6.07, 6.45) is 2.48. The van der Waals surface area contributed by atoms with Gasteiger partial charge in [-0.2, -0.15) is 5.26 Å². The van der Waals surface area contributed by atoms with Gasteiger partial charge >= 0.3 is 5.97 Å². The van der Waals surface area contributed by atoms with Crippen molar-refractivity contribution in [2.75, 3.05) is 11.4 Å². The Morgan fingerprint density at radius 3 is 3.00 bits per heavy atom. The lowest BCUT2D eigenvalue weighted by Crippen LogP contribution is -2.19. The second-order valence-corrected chi connectivity index (χ2v) is 4.98. The lowest BCUT2D eigenvalue weighted by atomic mass is 10.1. The predicted octanol–water partition coefficient (Wildman–Crippen LogP) is 2.21. The molecule has 104 valence electrons. The van der Waals surface area contributed by atoms with Crippen molar-refractivity contribution in [3.8, 4) is 6.07 Å². The van der Waals surface area contributed by atoms with Gasteiger partial charge in [-0.05, 0) is 47.9 Å². The van der Waals surface area contributed by atoms with E-state index in [9.17, 15) is 4.79 Å². The summed E-state index contributed by atoms with van der Waals surface area (Å²) in [5.41, 5.74) is 3.89. The maximum Gasteiger partial charge on any atom is 0.335 e. The number of rotatable bonds is 3. The van der Waals surface area contributed by atoms with Crippen LogP contribution in [0.5, 0.6) is 0 Å². The number of pyridine rings is 1. The zero-order chi connectivity index (χ0) is 14.8. The lowest BCUT2D eigenvalue weighted by Gasteiger charge is -2.19. The molecule has 0 bridgehead atoms. The van der Waals surface area contributed by atoms with Crippen LogP contribution < -0.4 is 4.90 Å². The van der Waals surface area contributed by atoms with Crippen molar-refractivity contribution >= 4 is 11.7 Å². The molecule has 1 aliphatic heterocycles. The molecule has 3 rings (SSSR count). The molecule has 1 N–H and O–H groups in total. The Kier molecular flexibility index (Phi) is 3.28. The molecule has 0 spiro atoms. The number of nitriles is 1. The Morgan fingerprint density at radius 2 is 2.24 bits per heavy atom. The normalized spacial score (nSPS) is 12.8. The van der Waals surface area contributed by atoms with Crippen LogP contribution in [0.15, 0.2) is 36.5 Å². The van der Waals surface area contributed by atoms with Gasteiger partial charge in [-0.15, -0.1) is 0 Å². The number of aromatic carboxylic acids is 1. The average Bonchev–Trinajstić information content (AvgIpc) is 2.90. The zero-order valence-electron chi connectivity index (χ0n) is 11.3. The van der Waals surface area contributed by atoms with Crippen LogP contribution >= 0.6 is 0 Å². The Hall–Kier alpha value is -2.87. The molecular weight excluding hydrogens is 266 g/mol. The van der Waals surface area contributed by atoms with Crippen molar-refractivity contribution in [2.24, 2.45) is 0 Å². The third-order valence-electron chi connectivity index (χ3n) is 3.63. The van der Waals surface area contributed by atoms with Gasteiger partial charge in [-0.3, -0.25) is 0 Å². The molecule has 0 atom stereocenters. The highest BCUT2D eigenvalue weighted by Crippen LogP contribution is 2.30. The van der Waals surface area contributed by atoms with Crippen molar-refractivity contribution < 1.29 is 9.90 Å². The van der Waals surface area contributed by atoms with Crippen LogP contribution in [0.2, 0.25) is 0 Å². The standard InChI is InChI=1S/C16H13N3O2/c17-9-14-7-11(3-5-18-14)10-19-6-4-12-8-13(16(20)21)1-2-15(12)19/h1-3,5,7-8H,4,6,10H2,(H,20,21). The fourth-order valence-electron chi connectivity index (χ4n) is 2.62. The number of fused-ring (bicyclic) bond motifs is 1. The lowest BCUT2D eigenvalue weighted by molar-refractivity contribution is 0.0697. The summed E-state index contributed by atoms with van der Waals surface area (Å²) in [6.45, 7) is 1.54. The molecule has 0 saturated carbocycles. The fourth-order valence-corrected chi connectivity index (χ4v) is 2.62. The zero-order valence-corrected chi connectivity index (χ0v) is 11.3. The van der Waals surface area contributed by atoms with Gasteiger partial charge in [0.2, 0.25) is 0 Å².